The lowest BCUT2D eigenvalue weighted by molar-refractivity contribution is -0.115. The van der Waals surface area contributed by atoms with Crippen LogP contribution in [0, 0.1) is 6.92 Å². The third-order valence-electron chi connectivity index (χ3n) is 5.17. The number of furan rings is 1. The number of fused-ring (bicyclic) bond motifs is 1. The number of carbonyl (C=O) groups is 2. The van der Waals surface area contributed by atoms with Gasteiger partial charge in [-0.1, -0.05) is 36.8 Å². The van der Waals surface area contributed by atoms with E-state index in [1.807, 2.05) is 73.3 Å². The monoisotopic (exact) mass is 388 g/mol. The van der Waals surface area contributed by atoms with Gasteiger partial charge in [-0.05, 0) is 37.3 Å². The third-order valence-corrected chi connectivity index (χ3v) is 5.17. The van der Waals surface area contributed by atoms with E-state index in [1.54, 1.807) is 0 Å². The molecule has 4 rings (SSSR count). The molecule has 0 unspecified atom stereocenters. The number of hydrogen-bond donors (Lipinski definition) is 1. The molecule has 148 valence electrons. The molecule has 2 aromatic carbocycles. The van der Waals surface area contributed by atoms with Crippen LogP contribution in [0.4, 0.5) is 5.69 Å². The highest BCUT2D eigenvalue weighted by Gasteiger charge is 2.25. The first-order chi connectivity index (χ1) is 14.0. The van der Waals surface area contributed by atoms with Gasteiger partial charge in [-0.15, -0.1) is 0 Å². The Morgan fingerprint density at radius 1 is 1.10 bits per heavy atom. The van der Waals surface area contributed by atoms with E-state index in [1.165, 1.54) is 0 Å². The second-order valence-electron chi connectivity index (χ2n) is 7.39. The normalized spacial score (nSPS) is 13.1. The van der Waals surface area contributed by atoms with E-state index in [0.717, 1.165) is 39.5 Å². The summed E-state index contributed by atoms with van der Waals surface area (Å²) in [7, 11) is 0. The number of anilines is 1. The molecule has 1 aliphatic rings. The van der Waals surface area contributed by atoms with Gasteiger partial charge >= 0.3 is 0 Å². The first-order valence-corrected chi connectivity index (χ1v) is 9.91. The number of nitrogens with zero attached hydrogens (tertiary/aromatic N) is 1. The van der Waals surface area contributed by atoms with Crippen molar-refractivity contribution in [3.05, 3.63) is 77.0 Å². The van der Waals surface area contributed by atoms with Gasteiger partial charge in [0.2, 0.25) is 5.91 Å². The van der Waals surface area contributed by atoms with Gasteiger partial charge in [-0.25, -0.2) is 0 Å². The van der Waals surface area contributed by atoms with Gasteiger partial charge in [0.05, 0.1) is 0 Å². The predicted octanol–water partition coefficient (Wildman–Crippen LogP) is 4.80. The number of carbonyl (C=O) groups excluding carboxylic acids is 2. The fraction of sp³-hybridized carbons (Fsp3) is 0.250. The van der Waals surface area contributed by atoms with E-state index in [0.29, 0.717) is 25.9 Å². The molecule has 2 heterocycles. The highest BCUT2D eigenvalue weighted by atomic mass is 16.3. The Morgan fingerprint density at radius 2 is 1.93 bits per heavy atom. The largest absolute Gasteiger partial charge is 0.461 e. The molecule has 1 aromatic heterocycles. The maximum Gasteiger partial charge on any atom is 0.254 e. The van der Waals surface area contributed by atoms with Crippen LogP contribution >= 0.6 is 0 Å². The average Bonchev–Trinajstić information content (AvgIpc) is 3.17. The number of aryl methyl sites for hydroxylation is 1. The van der Waals surface area contributed by atoms with Gasteiger partial charge in [0.25, 0.3) is 5.91 Å². The second kappa shape index (κ2) is 7.95. The molecule has 0 saturated carbocycles. The molecule has 0 aliphatic carbocycles. The summed E-state index contributed by atoms with van der Waals surface area (Å²) in [5.41, 5.74) is 4.49. The molecule has 29 heavy (non-hydrogen) atoms. The summed E-state index contributed by atoms with van der Waals surface area (Å²) < 4.78 is 6.08. The van der Waals surface area contributed by atoms with E-state index >= 15 is 0 Å². The maximum atomic E-state index is 12.9. The van der Waals surface area contributed by atoms with Crippen LogP contribution in [0.25, 0.3) is 11.3 Å². The minimum Gasteiger partial charge on any atom is -0.461 e. The summed E-state index contributed by atoms with van der Waals surface area (Å²) in [6.45, 7) is 4.99. The number of hydrogen-bond acceptors (Lipinski definition) is 3. The summed E-state index contributed by atoms with van der Waals surface area (Å²) in [5, 5.41) is 2.87. The van der Waals surface area contributed by atoms with Crippen molar-refractivity contribution in [2.75, 3.05) is 11.9 Å². The summed E-state index contributed by atoms with van der Waals surface area (Å²) in [6.07, 6.45) is 1.13. The SMILES string of the molecule is CCC(=O)Nc1cccc(-c2cc3c(o2)CCN(C(=O)c2cccc(C)c2)C3)c1. The first kappa shape index (κ1) is 19.0. The Bertz CT molecular complexity index is 1070. The van der Waals surface area contributed by atoms with Gasteiger partial charge < -0.3 is 14.6 Å². The highest BCUT2D eigenvalue weighted by Crippen LogP contribution is 2.31. The summed E-state index contributed by atoms with van der Waals surface area (Å²) in [5.74, 6) is 1.71. The van der Waals surface area contributed by atoms with Crippen LogP contribution in [-0.4, -0.2) is 23.3 Å². The molecule has 5 heteroatoms. The van der Waals surface area contributed by atoms with Crippen molar-refractivity contribution >= 4 is 17.5 Å². The zero-order chi connectivity index (χ0) is 20.4. The molecule has 0 spiro atoms. The van der Waals surface area contributed by atoms with Crippen LogP contribution in [0.2, 0.25) is 0 Å². The third kappa shape index (κ3) is 4.09. The topological polar surface area (TPSA) is 62.6 Å². The van der Waals surface area contributed by atoms with E-state index < -0.39 is 0 Å². The molecular formula is C24H24N2O3. The minimum atomic E-state index is -0.0220. The van der Waals surface area contributed by atoms with Crippen LogP contribution in [0.3, 0.4) is 0 Å². The Hall–Kier alpha value is -3.34. The molecule has 2 amide bonds. The molecule has 3 aromatic rings. The van der Waals surface area contributed by atoms with Gasteiger partial charge in [0, 0.05) is 48.3 Å². The van der Waals surface area contributed by atoms with Gasteiger partial charge in [0.1, 0.15) is 11.5 Å². The Balaban J connectivity index is 1.54. The van der Waals surface area contributed by atoms with Crippen LogP contribution in [-0.2, 0) is 17.8 Å². The Labute approximate surface area is 170 Å². The second-order valence-corrected chi connectivity index (χ2v) is 7.39. The smallest absolute Gasteiger partial charge is 0.254 e. The van der Waals surface area contributed by atoms with Crippen LogP contribution < -0.4 is 5.32 Å². The first-order valence-electron chi connectivity index (χ1n) is 9.91. The molecule has 0 atom stereocenters. The summed E-state index contributed by atoms with van der Waals surface area (Å²) in [6, 6.07) is 17.3. The van der Waals surface area contributed by atoms with Crippen LogP contribution in [0.1, 0.15) is 40.6 Å². The molecule has 0 fully saturated rings. The number of nitrogens with one attached hydrogen (secondary N) is 1. The Kier molecular flexibility index (Phi) is 5.21. The molecular weight excluding hydrogens is 364 g/mol. The van der Waals surface area contributed by atoms with Crippen molar-refractivity contribution in [2.24, 2.45) is 0 Å². The van der Waals surface area contributed by atoms with E-state index in [2.05, 4.69) is 5.32 Å². The fourth-order valence-corrected chi connectivity index (χ4v) is 3.61. The van der Waals surface area contributed by atoms with E-state index in [-0.39, 0.29) is 11.8 Å². The standard InChI is InChI=1S/C24H24N2O3/c1-3-23(27)25-20-9-5-7-17(13-20)22-14-19-15-26(11-10-21(19)29-22)24(28)18-8-4-6-16(2)12-18/h4-9,12-14H,3,10-11,15H2,1-2H3,(H,25,27). The van der Waals surface area contributed by atoms with Crippen molar-refractivity contribution in [2.45, 2.75) is 33.2 Å². The van der Waals surface area contributed by atoms with Crippen molar-refractivity contribution in [3.8, 4) is 11.3 Å². The lowest BCUT2D eigenvalue weighted by Gasteiger charge is -2.26. The Morgan fingerprint density at radius 3 is 2.72 bits per heavy atom. The maximum absolute atomic E-state index is 12.9. The zero-order valence-electron chi connectivity index (χ0n) is 16.7. The molecule has 0 radical (unpaired) electrons. The molecule has 0 saturated heterocycles. The zero-order valence-corrected chi connectivity index (χ0v) is 16.7. The van der Waals surface area contributed by atoms with Crippen molar-refractivity contribution in [1.82, 2.24) is 4.90 Å². The lowest BCUT2D eigenvalue weighted by atomic mass is 10.1. The van der Waals surface area contributed by atoms with Crippen molar-refractivity contribution < 1.29 is 14.0 Å². The summed E-state index contributed by atoms with van der Waals surface area (Å²) in [4.78, 5) is 26.4. The number of rotatable bonds is 4. The quantitative estimate of drug-likeness (QED) is 0.698. The predicted molar refractivity (Wildman–Crippen MR) is 113 cm³/mol. The van der Waals surface area contributed by atoms with Crippen LogP contribution in [0.5, 0.6) is 0 Å². The van der Waals surface area contributed by atoms with Gasteiger partial charge in [-0.2, -0.15) is 0 Å². The van der Waals surface area contributed by atoms with Crippen molar-refractivity contribution in [1.29, 1.82) is 0 Å². The lowest BCUT2D eigenvalue weighted by Crippen LogP contribution is -2.35. The molecule has 1 N–H and O–H groups in total. The summed E-state index contributed by atoms with van der Waals surface area (Å²) >= 11 is 0. The molecule has 5 nitrogen and oxygen atoms in total. The highest BCUT2D eigenvalue weighted by molar-refractivity contribution is 5.94. The molecule has 1 aliphatic heterocycles. The number of benzene rings is 2. The van der Waals surface area contributed by atoms with Crippen LogP contribution in [0.15, 0.2) is 59.0 Å². The van der Waals surface area contributed by atoms with Gasteiger partial charge in [-0.3, -0.25) is 9.59 Å². The minimum absolute atomic E-state index is 0.0220. The van der Waals surface area contributed by atoms with Gasteiger partial charge in [0.15, 0.2) is 0 Å². The molecule has 0 bridgehead atoms. The van der Waals surface area contributed by atoms with E-state index in [4.69, 9.17) is 4.42 Å². The van der Waals surface area contributed by atoms with E-state index in [9.17, 15) is 9.59 Å². The fourth-order valence-electron chi connectivity index (χ4n) is 3.61. The average molecular weight is 388 g/mol. The van der Waals surface area contributed by atoms with Crippen molar-refractivity contribution in [3.63, 3.8) is 0 Å². The number of amides is 2.